The molecular formula is C13H9N5O3. The van der Waals surface area contributed by atoms with Crippen LogP contribution in [0, 0.1) is 10.1 Å². The Hall–Kier alpha value is -3.29. The largest absolute Gasteiger partial charge is 0.321 e. The summed E-state index contributed by atoms with van der Waals surface area (Å²) in [6.07, 6.45) is 3.14. The van der Waals surface area contributed by atoms with Crippen LogP contribution in [0.1, 0.15) is 10.5 Å². The van der Waals surface area contributed by atoms with Crippen molar-refractivity contribution in [1.29, 1.82) is 0 Å². The van der Waals surface area contributed by atoms with E-state index in [2.05, 4.69) is 20.5 Å². The molecule has 0 saturated heterocycles. The van der Waals surface area contributed by atoms with Crippen LogP contribution >= 0.6 is 0 Å². The minimum atomic E-state index is -0.501. The van der Waals surface area contributed by atoms with Gasteiger partial charge in [-0.25, -0.2) is 0 Å². The lowest BCUT2D eigenvalue weighted by molar-refractivity contribution is -0.384. The number of hydrogen-bond donors (Lipinski definition) is 2. The van der Waals surface area contributed by atoms with Crippen LogP contribution in [0.2, 0.25) is 0 Å². The first-order valence-corrected chi connectivity index (χ1v) is 5.99. The van der Waals surface area contributed by atoms with Crippen LogP contribution in [0.15, 0.2) is 42.7 Å². The number of non-ortho nitro benzene ring substituents is 1. The molecule has 8 heteroatoms. The molecule has 3 aromatic rings. The molecule has 0 aliphatic carbocycles. The van der Waals surface area contributed by atoms with Gasteiger partial charge in [0.15, 0.2) is 5.69 Å². The van der Waals surface area contributed by atoms with Crippen LogP contribution in [-0.2, 0) is 0 Å². The molecule has 2 heterocycles. The van der Waals surface area contributed by atoms with Crippen LogP contribution in [-0.4, -0.2) is 26.0 Å². The van der Waals surface area contributed by atoms with Crippen molar-refractivity contribution < 1.29 is 9.72 Å². The zero-order valence-corrected chi connectivity index (χ0v) is 10.6. The number of nitrogens with zero attached hydrogens (tertiary/aromatic N) is 3. The maximum atomic E-state index is 12.2. The summed E-state index contributed by atoms with van der Waals surface area (Å²) < 4.78 is 0. The van der Waals surface area contributed by atoms with Gasteiger partial charge in [-0.05, 0) is 18.2 Å². The van der Waals surface area contributed by atoms with Gasteiger partial charge in [-0.3, -0.25) is 25.0 Å². The molecule has 0 bridgehead atoms. The Labute approximate surface area is 118 Å². The summed E-state index contributed by atoms with van der Waals surface area (Å²) in [5.41, 5.74) is 1.34. The number of aromatic nitrogens is 3. The van der Waals surface area contributed by atoms with Gasteiger partial charge >= 0.3 is 0 Å². The number of carbonyl (C=O) groups is 1. The van der Waals surface area contributed by atoms with E-state index in [0.29, 0.717) is 16.6 Å². The Kier molecular flexibility index (Phi) is 3.03. The molecule has 2 aromatic heterocycles. The Morgan fingerprint density at radius 2 is 2.00 bits per heavy atom. The zero-order chi connectivity index (χ0) is 14.8. The Morgan fingerprint density at radius 1 is 1.24 bits per heavy atom. The summed E-state index contributed by atoms with van der Waals surface area (Å²) in [4.78, 5) is 26.2. The number of rotatable bonds is 3. The minimum Gasteiger partial charge on any atom is -0.321 e. The predicted octanol–water partition coefficient (Wildman–Crippen LogP) is 2.12. The van der Waals surface area contributed by atoms with Crippen molar-refractivity contribution in [2.24, 2.45) is 0 Å². The van der Waals surface area contributed by atoms with Crippen molar-refractivity contribution in [3.05, 3.63) is 58.5 Å². The molecule has 0 atom stereocenters. The van der Waals surface area contributed by atoms with E-state index in [0.717, 1.165) is 0 Å². The predicted molar refractivity (Wildman–Crippen MR) is 74.9 cm³/mol. The molecule has 104 valence electrons. The van der Waals surface area contributed by atoms with Crippen molar-refractivity contribution in [2.45, 2.75) is 0 Å². The number of benzene rings is 1. The van der Waals surface area contributed by atoms with E-state index in [-0.39, 0.29) is 11.4 Å². The fourth-order valence-electron chi connectivity index (χ4n) is 1.89. The topological polar surface area (TPSA) is 114 Å². The Bertz CT molecular complexity index is 825. The van der Waals surface area contributed by atoms with Gasteiger partial charge in [0.1, 0.15) is 0 Å². The number of nitrogens with one attached hydrogen (secondary N) is 2. The smallest absolute Gasteiger partial charge is 0.276 e. The SMILES string of the molecule is O=C(Nc1ccc([N+](=O)[O-])cc1)c1n[nH]c2ccncc12. The van der Waals surface area contributed by atoms with Gasteiger partial charge in [0.05, 0.1) is 15.8 Å². The molecule has 2 N–H and O–H groups in total. The second-order valence-corrected chi connectivity index (χ2v) is 4.25. The number of nitro groups is 1. The maximum Gasteiger partial charge on any atom is 0.276 e. The second kappa shape index (κ2) is 5.00. The van der Waals surface area contributed by atoms with Crippen LogP contribution in [0.5, 0.6) is 0 Å². The van der Waals surface area contributed by atoms with Crippen LogP contribution in [0.4, 0.5) is 11.4 Å². The van der Waals surface area contributed by atoms with Crippen molar-refractivity contribution in [3.8, 4) is 0 Å². The van der Waals surface area contributed by atoms with E-state index in [9.17, 15) is 14.9 Å². The molecule has 0 aliphatic rings. The van der Waals surface area contributed by atoms with E-state index in [1.807, 2.05) is 0 Å². The quantitative estimate of drug-likeness (QED) is 0.564. The molecule has 21 heavy (non-hydrogen) atoms. The first-order chi connectivity index (χ1) is 10.1. The van der Waals surface area contributed by atoms with Crippen molar-refractivity contribution in [1.82, 2.24) is 15.2 Å². The fourth-order valence-corrected chi connectivity index (χ4v) is 1.89. The van der Waals surface area contributed by atoms with Gasteiger partial charge in [0.25, 0.3) is 11.6 Å². The number of nitro benzene ring substituents is 1. The number of pyridine rings is 1. The highest BCUT2D eigenvalue weighted by Crippen LogP contribution is 2.18. The van der Waals surface area contributed by atoms with E-state index >= 15 is 0 Å². The van der Waals surface area contributed by atoms with Gasteiger partial charge in [-0.1, -0.05) is 0 Å². The zero-order valence-electron chi connectivity index (χ0n) is 10.6. The molecule has 0 fully saturated rings. The lowest BCUT2D eigenvalue weighted by Crippen LogP contribution is -2.12. The number of carbonyl (C=O) groups excluding carboxylic acids is 1. The number of amides is 1. The summed E-state index contributed by atoms with van der Waals surface area (Å²) in [6, 6.07) is 7.27. The third kappa shape index (κ3) is 2.41. The summed E-state index contributed by atoms with van der Waals surface area (Å²) in [6.45, 7) is 0. The number of hydrogen-bond acceptors (Lipinski definition) is 5. The molecular weight excluding hydrogens is 274 g/mol. The average molecular weight is 283 g/mol. The molecule has 0 saturated carbocycles. The number of H-pyrrole nitrogens is 1. The summed E-state index contributed by atoms with van der Waals surface area (Å²) in [7, 11) is 0. The van der Waals surface area contributed by atoms with Crippen LogP contribution < -0.4 is 5.32 Å². The normalized spacial score (nSPS) is 10.5. The summed E-state index contributed by atoms with van der Waals surface area (Å²) in [5.74, 6) is -0.414. The molecule has 8 nitrogen and oxygen atoms in total. The molecule has 3 rings (SSSR count). The number of aromatic amines is 1. The van der Waals surface area contributed by atoms with E-state index in [4.69, 9.17) is 0 Å². The van der Waals surface area contributed by atoms with E-state index in [1.54, 1.807) is 18.5 Å². The number of anilines is 1. The lowest BCUT2D eigenvalue weighted by Gasteiger charge is -2.02. The first-order valence-electron chi connectivity index (χ1n) is 5.99. The lowest BCUT2D eigenvalue weighted by atomic mass is 10.2. The van der Waals surface area contributed by atoms with Crippen molar-refractivity contribution in [3.63, 3.8) is 0 Å². The van der Waals surface area contributed by atoms with Crippen molar-refractivity contribution in [2.75, 3.05) is 5.32 Å². The highest BCUT2D eigenvalue weighted by molar-refractivity contribution is 6.10. The maximum absolute atomic E-state index is 12.2. The van der Waals surface area contributed by atoms with Crippen molar-refractivity contribution >= 4 is 28.2 Å². The molecule has 0 aliphatic heterocycles. The molecule has 0 unspecified atom stereocenters. The molecule has 1 aromatic carbocycles. The number of fused-ring (bicyclic) bond motifs is 1. The third-order valence-corrected chi connectivity index (χ3v) is 2.92. The highest BCUT2D eigenvalue weighted by Gasteiger charge is 2.14. The van der Waals surface area contributed by atoms with E-state index < -0.39 is 10.8 Å². The standard InChI is InChI=1S/C13H9N5O3/c19-13(12-10-7-14-6-5-11(10)16-17-12)15-8-1-3-9(4-2-8)18(20)21/h1-7H,(H,15,19)(H,16,17). The van der Waals surface area contributed by atoms with Crippen LogP contribution in [0.25, 0.3) is 10.9 Å². The van der Waals surface area contributed by atoms with E-state index in [1.165, 1.54) is 24.3 Å². The molecule has 0 radical (unpaired) electrons. The Balaban J connectivity index is 1.84. The third-order valence-electron chi connectivity index (χ3n) is 2.92. The highest BCUT2D eigenvalue weighted by atomic mass is 16.6. The summed E-state index contributed by atoms with van der Waals surface area (Å²) >= 11 is 0. The van der Waals surface area contributed by atoms with Gasteiger partial charge in [-0.2, -0.15) is 5.10 Å². The average Bonchev–Trinajstić information content (AvgIpc) is 2.92. The monoisotopic (exact) mass is 283 g/mol. The van der Waals surface area contributed by atoms with Crippen LogP contribution in [0.3, 0.4) is 0 Å². The molecule has 1 amide bonds. The van der Waals surface area contributed by atoms with Gasteiger partial charge in [0.2, 0.25) is 0 Å². The molecule has 0 spiro atoms. The summed E-state index contributed by atoms with van der Waals surface area (Å²) in [5, 5.41) is 20.5. The minimum absolute atomic E-state index is 0.0394. The van der Waals surface area contributed by atoms with Gasteiger partial charge < -0.3 is 5.32 Å². The second-order valence-electron chi connectivity index (χ2n) is 4.25. The Morgan fingerprint density at radius 3 is 2.71 bits per heavy atom. The first kappa shape index (κ1) is 12.7. The van der Waals surface area contributed by atoms with Gasteiger partial charge in [0, 0.05) is 30.2 Å². The van der Waals surface area contributed by atoms with Gasteiger partial charge in [-0.15, -0.1) is 0 Å². The fraction of sp³-hybridized carbons (Fsp3) is 0.